The van der Waals surface area contributed by atoms with E-state index in [0.29, 0.717) is 6.04 Å². The molecule has 0 saturated carbocycles. The van der Waals surface area contributed by atoms with Gasteiger partial charge in [-0.2, -0.15) is 0 Å². The van der Waals surface area contributed by atoms with Crippen LogP contribution >= 0.6 is 0 Å². The van der Waals surface area contributed by atoms with Crippen LogP contribution in [0.4, 0.5) is 0 Å². The quantitative estimate of drug-likeness (QED) is 0.638. The molecule has 0 N–H and O–H groups in total. The summed E-state index contributed by atoms with van der Waals surface area (Å²) in [6, 6.07) is 0.316. The number of methoxy groups -OCH3 is 2. The van der Waals surface area contributed by atoms with E-state index in [-0.39, 0.29) is 12.6 Å². The lowest BCUT2D eigenvalue weighted by molar-refractivity contribution is -0.445. The summed E-state index contributed by atoms with van der Waals surface area (Å²) in [5.74, 6) is 0. The Labute approximate surface area is 77.4 Å². The van der Waals surface area contributed by atoms with Crippen LogP contribution < -0.4 is 0 Å². The van der Waals surface area contributed by atoms with Crippen LogP contribution in [0.3, 0.4) is 0 Å². The summed E-state index contributed by atoms with van der Waals surface area (Å²) in [5.41, 5.74) is 0. The Morgan fingerprint density at radius 2 is 1.77 bits per heavy atom. The third-order valence-corrected chi connectivity index (χ3v) is 2.47. The number of hydroxylamine groups is 2. The van der Waals surface area contributed by atoms with Crippen molar-refractivity contribution in [2.45, 2.75) is 37.9 Å². The molecule has 2 rings (SSSR count). The fraction of sp³-hybridized carbons (Fsp3) is 1.00. The van der Waals surface area contributed by atoms with Gasteiger partial charge in [0.05, 0.1) is 6.04 Å². The lowest BCUT2D eigenvalue weighted by Gasteiger charge is -2.31. The summed E-state index contributed by atoms with van der Waals surface area (Å²) >= 11 is 0. The predicted octanol–water partition coefficient (Wildman–Crippen LogP) is 0.663. The normalized spacial score (nSPS) is 40.6. The molecule has 5 heteroatoms. The zero-order valence-corrected chi connectivity index (χ0v) is 7.93. The molecule has 5 nitrogen and oxygen atoms in total. The van der Waals surface area contributed by atoms with E-state index in [2.05, 4.69) is 0 Å². The molecule has 2 saturated heterocycles. The molecule has 0 unspecified atom stereocenters. The summed E-state index contributed by atoms with van der Waals surface area (Å²) in [6.07, 6.45) is 2.47. The molecule has 2 heterocycles. The van der Waals surface area contributed by atoms with Crippen molar-refractivity contribution in [3.63, 3.8) is 0 Å². The Morgan fingerprint density at radius 1 is 1.08 bits per heavy atom. The van der Waals surface area contributed by atoms with Gasteiger partial charge in [0.2, 0.25) is 0 Å². The van der Waals surface area contributed by atoms with Gasteiger partial charge in [-0.05, 0) is 6.42 Å². The van der Waals surface area contributed by atoms with Crippen molar-refractivity contribution in [1.29, 1.82) is 0 Å². The molecular formula is C8H15NO4. The first-order valence-corrected chi connectivity index (χ1v) is 4.52. The maximum absolute atomic E-state index is 5.40. The molecule has 0 aromatic rings. The summed E-state index contributed by atoms with van der Waals surface area (Å²) in [6.45, 7) is 0. The van der Waals surface area contributed by atoms with Crippen LogP contribution in [-0.2, 0) is 19.1 Å². The highest BCUT2D eigenvalue weighted by molar-refractivity contribution is 4.73. The molecule has 0 aromatic carbocycles. The molecule has 0 aliphatic carbocycles. The van der Waals surface area contributed by atoms with E-state index in [1.165, 1.54) is 5.23 Å². The molecule has 0 amide bonds. The highest BCUT2D eigenvalue weighted by atomic mass is 17.0. The smallest absolute Gasteiger partial charge is 0.181 e. The molecule has 76 valence electrons. The number of ether oxygens (including phenoxy) is 2. The van der Waals surface area contributed by atoms with Gasteiger partial charge in [0.15, 0.2) is 12.6 Å². The maximum Gasteiger partial charge on any atom is 0.181 e. The second kappa shape index (κ2) is 3.89. The van der Waals surface area contributed by atoms with Gasteiger partial charge in [0, 0.05) is 27.1 Å². The molecule has 2 aliphatic rings. The number of hydrogen-bond acceptors (Lipinski definition) is 5. The summed E-state index contributed by atoms with van der Waals surface area (Å²) in [7, 11) is 3.27. The first kappa shape index (κ1) is 9.36. The number of rotatable bonds is 2. The molecule has 0 radical (unpaired) electrons. The lowest BCUT2D eigenvalue weighted by Crippen LogP contribution is -2.39. The van der Waals surface area contributed by atoms with Crippen molar-refractivity contribution in [2.24, 2.45) is 0 Å². The molecule has 2 aliphatic heterocycles. The van der Waals surface area contributed by atoms with E-state index in [9.17, 15) is 0 Å². The van der Waals surface area contributed by atoms with Gasteiger partial charge in [0.25, 0.3) is 0 Å². The van der Waals surface area contributed by atoms with E-state index in [1.807, 2.05) is 0 Å². The average molecular weight is 189 g/mol. The third kappa shape index (κ3) is 1.84. The maximum atomic E-state index is 5.40. The van der Waals surface area contributed by atoms with Gasteiger partial charge in [-0.3, -0.25) is 0 Å². The van der Waals surface area contributed by atoms with Crippen molar-refractivity contribution in [1.82, 2.24) is 5.23 Å². The second-order valence-electron chi connectivity index (χ2n) is 3.29. The molecule has 13 heavy (non-hydrogen) atoms. The molecule has 0 bridgehead atoms. The van der Waals surface area contributed by atoms with Gasteiger partial charge in [-0.25, -0.2) is 9.68 Å². The first-order valence-electron chi connectivity index (χ1n) is 4.52. The second-order valence-corrected chi connectivity index (χ2v) is 3.29. The molecule has 0 spiro atoms. The Bertz CT molecular complexity index is 176. The molecule has 2 fully saturated rings. The topological polar surface area (TPSA) is 40.2 Å². The molecule has 0 aromatic heterocycles. The van der Waals surface area contributed by atoms with Crippen molar-refractivity contribution in [3.8, 4) is 0 Å². The first-order chi connectivity index (χ1) is 6.33. The van der Waals surface area contributed by atoms with E-state index in [0.717, 1.165) is 19.3 Å². The predicted molar refractivity (Wildman–Crippen MR) is 43.2 cm³/mol. The van der Waals surface area contributed by atoms with Gasteiger partial charge in [-0.15, -0.1) is 0 Å². The Balaban J connectivity index is 1.90. The highest BCUT2D eigenvalue weighted by Crippen LogP contribution is 2.31. The van der Waals surface area contributed by atoms with E-state index < -0.39 is 0 Å². The van der Waals surface area contributed by atoms with Gasteiger partial charge in [0.1, 0.15) is 0 Å². The zero-order valence-electron chi connectivity index (χ0n) is 7.93. The SMILES string of the molecule is CO[C@H]1C[C@@H]2CC[C@@H](OC)ON2O1. The van der Waals surface area contributed by atoms with Crippen LogP contribution in [-0.4, -0.2) is 38.1 Å². The largest absolute Gasteiger partial charge is 0.354 e. The van der Waals surface area contributed by atoms with Crippen LogP contribution in [0.5, 0.6) is 0 Å². The minimum atomic E-state index is -0.174. The van der Waals surface area contributed by atoms with E-state index >= 15 is 0 Å². The van der Waals surface area contributed by atoms with Crippen LogP contribution in [0.15, 0.2) is 0 Å². The Kier molecular flexibility index (Phi) is 2.80. The van der Waals surface area contributed by atoms with Crippen molar-refractivity contribution in [2.75, 3.05) is 14.2 Å². The van der Waals surface area contributed by atoms with E-state index in [1.54, 1.807) is 14.2 Å². The van der Waals surface area contributed by atoms with Crippen LogP contribution in [0, 0.1) is 0 Å². The van der Waals surface area contributed by atoms with E-state index in [4.69, 9.17) is 19.1 Å². The lowest BCUT2D eigenvalue weighted by atomic mass is 10.1. The number of nitrogens with zero attached hydrogens (tertiary/aromatic N) is 1. The Hall–Kier alpha value is -0.200. The average Bonchev–Trinajstić information content (AvgIpc) is 2.58. The van der Waals surface area contributed by atoms with Crippen LogP contribution in [0.25, 0.3) is 0 Å². The fourth-order valence-electron chi connectivity index (χ4n) is 1.68. The van der Waals surface area contributed by atoms with Gasteiger partial charge < -0.3 is 9.47 Å². The molecular weight excluding hydrogens is 174 g/mol. The molecule has 3 atom stereocenters. The fourth-order valence-corrected chi connectivity index (χ4v) is 1.68. The van der Waals surface area contributed by atoms with Crippen LogP contribution in [0.1, 0.15) is 19.3 Å². The summed E-state index contributed by atoms with van der Waals surface area (Å²) in [4.78, 5) is 10.8. The third-order valence-electron chi connectivity index (χ3n) is 2.47. The van der Waals surface area contributed by atoms with Crippen molar-refractivity contribution < 1.29 is 19.1 Å². The number of hydrogen-bond donors (Lipinski definition) is 0. The Morgan fingerprint density at radius 3 is 2.46 bits per heavy atom. The minimum Gasteiger partial charge on any atom is -0.354 e. The van der Waals surface area contributed by atoms with Crippen LogP contribution in [0.2, 0.25) is 0 Å². The summed E-state index contributed by atoms with van der Waals surface area (Å²) < 4.78 is 10.2. The van der Waals surface area contributed by atoms with Gasteiger partial charge >= 0.3 is 0 Å². The standard InChI is InChI=1S/C8H15NO4/c1-10-7-4-3-6-5-8(11-2)13-9(6)12-7/h6-8H,3-5H2,1-2H3/t6-,7-,8+/m0/s1. The van der Waals surface area contributed by atoms with Crippen molar-refractivity contribution in [3.05, 3.63) is 0 Å². The zero-order chi connectivity index (χ0) is 9.26. The summed E-state index contributed by atoms with van der Waals surface area (Å²) in [5, 5.41) is 1.52. The van der Waals surface area contributed by atoms with Gasteiger partial charge in [-0.1, -0.05) is 5.23 Å². The van der Waals surface area contributed by atoms with Crippen molar-refractivity contribution >= 4 is 0 Å². The number of fused-ring (bicyclic) bond motifs is 1. The monoisotopic (exact) mass is 189 g/mol. The minimum absolute atomic E-state index is 0.166. The highest BCUT2D eigenvalue weighted by Gasteiger charge is 2.39.